The van der Waals surface area contributed by atoms with Crippen LogP contribution in [0.5, 0.6) is 0 Å². The highest BCUT2D eigenvalue weighted by atomic mass is 32.2. The molecule has 0 rings (SSSR count). The summed E-state index contributed by atoms with van der Waals surface area (Å²) in [5.41, 5.74) is 0. The fraction of sp³-hybridized carbons (Fsp3) is 0.900. The minimum Gasteiger partial charge on any atom is -0.302 e. The predicted molar refractivity (Wildman–Crippen MR) is 63.9 cm³/mol. The molecule has 0 aliphatic rings. The minimum absolute atomic E-state index is 0.631. The third-order valence-electron chi connectivity index (χ3n) is 1.99. The first kappa shape index (κ1) is 13.9. The van der Waals surface area contributed by atoms with Crippen molar-refractivity contribution in [2.45, 2.75) is 52.4 Å². The number of unbranched alkanes of at least 4 members (excludes halogenated alkanes) is 4. The Balaban J connectivity index is 3.70. The van der Waals surface area contributed by atoms with Crippen LogP contribution in [0.15, 0.2) is 0 Å². The topological polar surface area (TPSA) is 49.3 Å². The summed E-state index contributed by atoms with van der Waals surface area (Å²) in [6.45, 7) is 4.82. The average molecular weight is 221 g/mol. The lowest BCUT2D eigenvalue weighted by atomic mass is 10.3. The third kappa shape index (κ3) is 8.53. The molecular weight excluding hydrogens is 198 g/mol. The number of hydrogen-bond acceptors (Lipinski definition) is 1. The monoisotopic (exact) mass is 221 g/mol. The van der Waals surface area contributed by atoms with E-state index in [1.54, 1.807) is 0 Å². The highest BCUT2D eigenvalue weighted by molar-refractivity contribution is 7.94. The molecule has 4 heteroatoms. The van der Waals surface area contributed by atoms with Gasteiger partial charge in [-0.1, -0.05) is 33.1 Å². The molecule has 14 heavy (non-hydrogen) atoms. The SMILES string of the molecule is CCCCC=S(=O)(O)NCCCCC. The molecule has 2 N–H and O–H groups in total. The van der Waals surface area contributed by atoms with E-state index in [9.17, 15) is 8.76 Å². The lowest BCUT2D eigenvalue weighted by Crippen LogP contribution is -2.25. The van der Waals surface area contributed by atoms with Crippen LogP contribution in [0.2, 0.25) is 0 Å². The molecule has 0 aromatic heterocycles. The zero-order valence-electron chi connectivity index (χ0n) is 9.29. The fourth-order valence-electron chi connectivity index (χ4n) is 1.10. The molecule has 0 aliphatic carbocycles. The highest BCUT2D eigenvalue weighted by Gasteiger charge is 1.98. The predicted octanol–water partition coefficient (Wildman–Crippen LogP) is 2.43. The molecule has 3 nitrogen and oxygen atoms in total. The molecule has 0 radical (unpaired) electrons. The summed E-state index contributed by atoms with van der Waals surface area (Å²) in [4.78, 5) is 0. The second-order valence-corrected chi connectivity index (χ2v) is 5.24. The lowest BCUT2D eigenvalue weighted by molar-refractivity contribution is 0.539. The van der Waals surface area contributed by atoms with Gasteiger partial charge < -0.3 is 4.55 Å². The second kappa shape index (κ2) is 8.26. The van der Waals surface area contributed by atoms with E-state index < -0.39 is 9.99 Å². The summed E-state index contributed by atoms with van der Waals surface area (Å²) < 4.78 is 23.5. The Kier molecular flexibility index (Phi) is 8.23. The van der Waals surface area contributed by atoms with Crippen molar-refractivity contribution in [2.75, 3.05) is 6.54 Å². The molecule has 1 unspecified atom stereocenters. The van der Waals surface area contributed by atoms with Crippen LogP contribution >= 0.6 is 0 Å². The molecule has 0 spiro atoms. The van der Waals surface area contributed by atoms with Gasteiger partial charge in [0.25, 0.3) is 0 Å². The van der Waals surface area contributed by atoms with Gasteiger partial charge in [0.15, 0.2) is 0 Å². The molecule has 0 heterocycles. The maximum absolute atomic E-state index is 11.4. The normalized spacial score (nSPS) is 15.1. The molecule has 0 saturated heterocycles. The van der Waals surface area contributed by atoms with Crippen molar-refractivity contribution < 1.29 is 8.76 Å². The van der Waals surface area contributed by atoms with Crippen molar-refractivity contribution >= 4 is 15.4 Å². The largest absolute Gasteiger partial charge is 0.302 e. The molecule has 86 valence electrons. The van der Waals surface area contributed by atoms with Crippen molar-refractivity contribution in [3.05, 3.63) is 0 Å². The zero-order valence-corrected chi connectivity index (χ0v) is 10.1. The molecule has 0 amide bonds. The molecule has 0 aromatic rings. The first-order valence-corrected chi connectivity index (χ1v) is 7.04. The summed E-state index contributed by atoms with van der Waals surface area (Å²) in [5, 5.41) is 1.50. The summed E-state index contributed by atoms with van der Waals surface area (Å²) in [6.07, 6.45) is 5.96. The van der Waals surface area contributed by atoms with Gasteiger partial charge in [0.2, 0.25) is 0 Å². The van der Waals surface area contributed by atoms with Crippen LogP contribution in [0.25, 0.3) is 0 Å². The van der Waals surface area contributed by atoms with Crippen LogP contribution in [0, 0.1) is 0 Å². The molecule has 0 aromatic carbocycles. The molecule has 1 atom stereocenters. The molecule has 0 fully saturated rings. The average Bonchev–Trinajstić information content (AvgIpc) is 2.13. The van der Waals surface area contributed by atoms with Crippen molar-refractivity contribution in [2.24, 2.45) is 0 Å². The Labute approximate surface area is 88.3 Å². The van der Waals surface area contributed by atoms with Gasteiger partial charge in [-0.05, 0) is 19.3 Å². The Morgan fingerprint density at radius 1 is 1.21 bits per heavy atom. The van der Waals surface area contributed by atoms with Crippen molar-refractivity contribution in [3.8, 4) is 0 Å². The van der Waals surface area contributed by atoms with Gasteiger partial charge >= 0.3 is 0 Å². The fourth-order valence-corrected chi connectivity index (χ4v) is 2.14. The van der Waals surface area contributed by atoms with E-state index >= 15 is 0 Å². The first-order chi connectivity index (χ1) is 6.62. The molecular formula is C10H23NO2S. The second-order valence-electron chi connectivity index (χ2n) is 3.48. The van der Waals surface area contributed by atoms with Gasteiger partial charge in [-0.25, -0.2) is 8.93 Å². The van der Waals surface area contributed by atoms with E-state index in [0.717, 1.165) is 32.1 Å². The van der Waals surface area contributed by atoms with Crippen LogP contribution in [-0.2, 0) is 9.99 Å². The number of rotatable bonds is 8. The smallest absolute Gasteiger partial charge is 0.141 e. The molecule has 0 saturated carbocycles. The summed E-state index contributed by atoms with van der Waals surface area (Å²) >= 11 is 0. The maximum Gasteiger partial charge on any atom is 0.141 e. The van der Waals surface area contributed by atoms with Crippen molar-refractivity contribution in [3.63, 3.8) is 0 Å². The van der Waals surface area contributed by atoms with Crippen LogP contribution in [0.4, 0.5) is 0 Å². The lowest BCUT2D eigenvalue weighted by Gasteiger charge is -2.05. The standard InChI is InChI=1S/C10H23NO2S/c1-3-5-7-9-11-14(12,13)10-8-6-4-2/h10H,3-9H2,1-2H3,(H2,11,12,13). The van der Waals surface area contributed by atoms with Gasteiger partial charge in [-0.2, -0.15) is 0 Å². The quantitative estimate of drug-likeness (QED) is 0.488. The Bertz CT molecular complexity index is 232. The van der Waals surface area contributed by atoms with Crippen LogP contribution in [0.1, 0.15) is 52.4 Å². The van der Waals surface area contributed by atoms with E-state index in [2.05, 4.69) is 18.6 Å². The van der Waals surface area contributed by atoms with E-state index in [-0.39, 0.29) is 0 Å². The summed E-state index contributed by atoms with van der Waals surface area (Å²) in [5.74, 6) is 0. The first-order valence-electron chi connectivity index (χ1n) is 5.47. The van der Waals surface area contributed by atoms with E-state index in [1.807, 2.05) is 0 Å². The molecule has 0 aliphatic heterocycles. The van der Waals surface area contributed by atoms with Crippen LogP contribution in [-0.4, -0.2) is 20.7 Å². The summed E-state index contributed by atoms with van der Waals surface area (Å²) in [6, 6.07) is 0. The van der Waals surface area contributed by atoms with Crippen LogP contribution < -0.4 is 4.72 Å². The maximum atomic E-state index is 11.4. The van der Waals surface area contributed by atoms with Gasteiger partial charge in [0, 0.05) is 11.9 Å². The van der Waals surface area contributed by atoms with Crippen molar-refractivity contribution in [1.29, 1.82) is 0 Å². The van der Waals surface area contributed by atoms with Crippen molar-refractivity contribution in [1.82, 2.24) is 4.72 Å². The number of nitrogens with one attached hydrogen (secondary N) is 1. The van der Waals surface area contributed by atoms with Gasteiger partial charge in [0.1, 0.15) is 9.99 Å². The van der Waals surface area contributed by atoms with Gasteiger partial charge in [-0.3, -0.25) is 0 Å². The molecule has 0 bridgehead atoms. The third-order valence-corrected chi connectivity index (χ3v) is 3.30. The van der Waals surface area contributed by atoms with Crippen LogP contribution in [0.3, 0.4) is 0 Å². The summed E-state index contributed by atoms with van der Waals surface area (Å²) in [7, 11) is -2.86. The number of hydrogen-bond donors (Lipinski definition) is 2. The Morgan fingerprint density at radius 2 is 1.86 bits per heavy atom. The Hall–Kier alpha value is -0.0600. The van der Waals surface area contributed by atoms with Gasteiger partial charge in [-0.15, -0.1) is 0 Å². The van der Waals surface area contributed by atoms with Gasteiger partial charge in [0.05, 0.1) is 0 Å². The minimum atomic E-state index is -2.86. The Morgan fingerprint density at radius 3 is 2.43 bits per heavy atom. The van der Waals surface area contributed by atoms with E-state index in [1.165, 1.54) is 5.37 Å². The van der Waals surface area contributed by atoms with E-state index in [4.69, 9.17) is 0 Å². The highest BCUT2D eigenvalue weighted by Crippen LogP contribution is 1.94. The zero-order chi connectivity index (χ0) is 10.9. The van der Waals surface area contributed by atoms with E-state index in [0.29, 0.717) is 13.0 Å².